The van der Waals surface area contributed by atoms with E-state index >= 15 is 0 Å². The molecule has 4 heteroatoms. The van der Waals surface area contributed by atoms with Crippen LogP contribution in [0.3, 0.4) is 0 Å². The highest BCUT2D eigenvalue weighted by molar-refractivity contribution is 6.08. The predicted octanol–water partition coefficient (Wildman–Crippen LogP) is 2.63. The van der Waals surface area contributed by atoms with E-state index in [9.17, 15) is 9.59 Å². The Labute approximate surface area is 116 Å². The van der Waals surface area contributed by atoms with Crippen LogP contribution in [0.15, 0.2) is 28.9 Å². The minimum atomic E-state index is -0.447. The van der Waals surface area contributed by atoms with Gasteiger partial charge in [0.2, 0.25) is 5.78 Å². The molecule has 4 nitrogen and oxygen atoms in total. The van der Waals surface area contributed by atoms with Gasteiger partial charge < -0.3 is 9.15 Å². The van der Waals surface area contributed by atoms with E-state index in [4.69, 9.17) is 9.15 Å². The van der Waals surface area contributed by atoms with Crippen LogP contribution in [0.5, 0.6) is 5.75 Å². The van der Waals surface area contributed by atoms with E-state index < -0.39 is 6.10 Å². The van der Waals surface area contributed by atoms with E-state index in [2.05, 4.69) is 0 Å². The maximum Gasteiger partial charge on any atom is 0.228 e. The van der Waals surface area contributed by atoms with Crippen molar-refractivity contribution in [1.29, 1.82) is 0 Å². The third-order valence-electron chi connectivity index (χ3n) is 3.75. The lowest BCUT2D eigenvalue weighted by molar-refractivity contribution is -0.113. The second-order valence-corrected chi connectivity index (χ2v) is 4.97. The molecule has 2 aromatic rings. The van der Waals surface area contributed by atoms with Crippen molar-refractivity contribution in [3.8, 4) is 5.75 Å². The van der Waals surface area contributed by atoms with Crippen molar-refractivity contribution in [2.45, 2.75) is 26.4 Å². The fraction of sp³-hybridized carbons (Fsp3) is 0.250. The molecule has 0 amide bonds. The quantitative estimate of drug-likeness (QED) is 0.635. The van der Waals surface area contributed by atoms with Gasteiger partial charge in [-0.3, -0.25) is 9.59 Å². The van der Waals surface area contributed by atoms with Crippen molar-refractivity contribution in [1.82, 2.24) is 0 Å². The summed E-state index contributed by atoms with van der Waals surface area (Å²) in [6.07, 6.45) is 2.34. The van der Waals surface area contributed by atoms with Crippen LogP contribution in [0.25, 0.3) is 0 Å². The number of carbonyl (C=O) groups is 2. The molecule has 0 spiro atoms. The Morgan fingerprint density at radius 1 is 1.35 bits per heavy atom. The molecule has 0 saturated carbocycles. The number of carbonyl (C=O) groups excluding carboxylic acids is 2. The highest BCUT2D eigenvalue weighted by atomic mass is 16.5. The Balaban J connectivity index is 2.09. The zero-order chi connectivity index (χ0) is 14.3. The molecule has 1 aliphatic rings. The Bertz CT molecular complexity index is 683. The average Bonchev–Trinajstić information content (AvgIpc) is 3.10. The van der Waals surface area contributed by atoms with Gasteiger partial charge in [0.05, 0.1) is 6.26 Å². The molecule has 1 aromatic carbocycles. The van der Waals surface area contributed by atoms with Crippen LogP contribution in [-0.4, -0.2) is 18.2 Å². The number of hydrogen-bond acceptors (Lipinski definition) is 4. The number of benzene rings is 1. The van der Waals surface area contributed by atoms with Crippen molar-refractivity contribution in [3.05, 3.63) is 52.5 Å². The summed E-state index contributed by atoms with van der Waals surface area (Å²) >= 11 is 0. The summed E-state index contributed by atoms with van der Waals surface area (Å²) in [6, 6.07) is 5.15. The third kappa shape index (κ3) is 1.84. The van der Waals surface area contributed by atoms with Crippen molar-refractivity contribution in [2.24, 2.45) is 0 Å². The molecule has 1 unspecified atom stereocenters. The molecule has 0 N–H and O–H groups in total. The molecular formula is C16H14O4. The van der Waals surface area contributed by atoms with E-state index in [1.807, 2.05) is 19.9 Å². The summed E-state index contributed by atoms with van der Waals surface area (Å²) in [6.45, 7) is 3.78. The molecule has 0 fully saturated rings. The van der Waals surface area contributed by atoms with Gasteiger partial charge in [-0.05, 0) is 48.7 Å². The van der Waals surface area contributed by atoms with Crippen LogP contribution < -0.4 is 4.74 Å². The normalized spacial score (nSPS) is 16.6. The molecule has 1 aliphatic heterocycles. The first-order chi connectivity index (χ1) is 9.61. The standard InChI is InChI=1S/C16H14O4/c1-9-10(2)16-11(6-12(8-17)20-16)7-13(9)15(18)14-4-3-5-19-14/h3-5,7-8,12H,6H2,1-2H3. The smallest absolute Gasteiger partial charge is 0.228 e. The second-order valence-electron chi connectivity index (χ2n) is 4.97. The second kappa shape index (κ2) is 4.63. The van der Waals surface area contributed by atoms with Crippen LogP contribution in [0.1, 0.15) is 32.8 Å². The van der Waals surface area contributed by atoms with Crippen LogP contribution in [0.4, 0.5) is 0 Å². The number of rotatable bonds is 3. The van der Waals surface area contributed by atoms with Crippen molar-refractivity contribution < 1.29 is 18.7 Å². The Kier molecular flexibility index (Phi) is 2.93. The SMILES string of the molecule is Cc1c(C(=O)c2ccco2)cc2c(c1C)OC(C=O)C2. The predicted molar refractivity (Wildman–Crippen MR) is 72.2 cm³/mol. The number of ketones is 1. The minimum Gasteiger partial charge on any atom is -0.482 e. The van der Waals surface area contributed by atoms with Crippen molar-refractivity contribution in [2.75, 3.05) is 0 Å². The zero-order valence-electron chi connectivity index (χ0n) is 11.3. The average molecular weight is 270 g/mol. The van der Waals surface area contributed by atoms with Gasteiger partial charge >= 0.3 is 0 Å². The number of fused-ring (bicyclic) bond motifs is 1. The van der Waals surface area contributed by atoms with Gasteiger partial charge in [-0.2, -0.15) is 0 Å². The van der Waals surface area contributed by atoms with E-state index in [0.717, 1.165) is 28.7 Å². The number of hydrogen-bond donors (Lipinski definition) is 0. The van der Waals surface area contributed by atoms with E-state index in [1.165, 1.54) is 6.26 Å². The first-order valence-electron chi connectivity index (χ1n) is 6.45. The summed E-state index contributed by atoms with van der Waals surface area (Å²) in [5.74, 6) is 0.904. The first-order valence-corrected chi connectivity index (χ1v) is 6.45. The highest BCUT2D eigenvalue weighted by Gasteiger charge is 2.28. The number of aldehydes is 1. The van der Waals surface area contributed by atoms with Crippen LogP contribution in [-0.2, 0) is 11.2 Å². The van der Waals surface area contributed by atoms with Gasteiger partial charge in [0.25, 0.3) is 0 Å². The Morgan fingerprint density at radius 3 is 2.80 bits per heavy atom. The molecular weight excluding hydrogens is 256 g/mol. The monoisotopic (exact) mass is 270 g/mol. The summed E-state index contributed by atoms with van der Waals surface area (Å²) in [5.41, 5.74) is 3.27. The van der Waals surface area contributed by atoms with E-state index in [1.54, 1.807) is 12.1 Å². The van der Waals surface area contributed by atoms with Gasteiger partial charge in [0.1, 0.15) is 5.75 Å². The van der Waals surface area contributed by atoms with E-state index in [-0.39, 0.29) is 5.78 Å². The molecule has 0 saturated heterocycles. The van der Waals surface area contributed by atoms with Gasteiger partial charge in [-0.1, -0.05) is 0 Å². The van der Waals surface area contributed by atoms with Gasteiger partial charge in [0.15, 0.2) is 18.2 Å². The van der Waals surface area contributed by atoms with Gasteiger partial charge in [-0.15, -0.1) is 0 Å². The molecule has 20 heavy (non-hydrogen) atoms. The molecule has 3 rings (SSSR count). The molecule has 1 atom stereocenters. The highest BCUT2D eigenvalue weighted by Crippen LogP contribution is 2.36. The van der Waals surface area contributed by atoms with Crippen LogP contribution in [0, 0.1) is 13.8 Å². The topological polar surface area (TPSA) is 56.5 Å². The van der Waals surface area contributed by atoms with Crippen LogP contribution in [0.2, 0.25) is 0 Å². The summed E-state index contributed by atoms with van der Waals surface area (Å²) in [7, 11) is 0. The largest absolute Gasteiger partial charge is 0.482 e. The van der Waals surface area contributed by atoms with Gasteiger partial charge in [-0.25, -0.2) is 0 Å². The number of furan rings is 1. The fourth-order valence-electron chi connectivity index (χ4n) is 2.54. The molecule has 0 radical (unpaired) electrons. The summed E-state index contributed by atoms with van der Waals surface area (Å²) in [5, 5.41) is 0. The Hall–Kier alpha value is -2.36. The first kappa shape index (κ1) is 12.7. The fourth-order valence-corrected chi connectivity index (χ4v) is 2.54. The third-order valence-corrected chi connectivity index (χ3v) is 3.75. The minimum absolute atomic E-state index is 0.145. The zero-order valence-corrected chi connectivity index (χ0v) is 11.3. The lowest BCUT2D eigenvalue weighted by Gasteiger charge is -2.11. The van der Waals surface area contributed by atoms with Crippen molar-refractivity contribution in [3.63, 3.8) is 0 Å². The lowest BCUT2D eigenvalue weighted by Crippen LogP contribution is -2.13. The van der Waals surface area contributed by atoms with Crippen molar-refractivity contribution >= 4 is 12.1 Å². The molecule has 102 valence electrons. The molecule has 0 aliphatic carbocycles. The van der Waals surface area contributed by atoms with Crippen LogP contribution >= 0.6 is 0 Å². The lowest BCUT2D eigenvalue weighted by atomic mass is 9.94. The summed E-state index contributed by atoms with van der Waals surface area (Å²) in [4.78, 5) is 23.3. The maximum absolute atomic E-state index is 12.4. The number of ether oxygens (including phenoxy) is 1. The molecule has 2 heterocycles. The Morgan fingerprint density at radius 2 is 2.15 bits per heavy atom. The molecule has 0 bridgehead atoms. The van der Waals surface area contributed by atoms with E-state index in [0.29, 0.717) is 17.7 Å². The summed E-state index contributed by atoms with van der Waals surface area (Å²) < 4.78 is 10.8. The maximum atomic E-state index is 12.4. The van der Waals surface area contributed by atoms with Gasteiger partial charge in [0, 0.05) is 12.0 Å². The molecule has 1 aromatic heterocycles.